The van der Waals surface area contributed by atoms with E-state index in [0.717, 1.165) is 18.9 Å². The van der Waals surface area contributed by atoms with Crippen molar-refractivity contribution in [1.29, 1.82) is 0 Å². The molecule has 2 aliphatic rings. The Bertz CT molecular complexity index is 377. The van der Waals surface area contributed by atoms with Gasteiger partial charge in [0.1, 0.15) is 0 Å². The van der Waals surface area contributed by atoms with Crippen LogP contribution in [0.15, 0.2) is 4.42 Å². The average Bonchev–Trinajstić information content (AvgIpc) is 2.91. The van der Waals surface area contributed by atoms with Crippen LogP contribution in [0.3, 0.4) is 0 Å². The fraction of sp³-hybridized carbons (Fsp3) is 0.818. The van der Waals surface area contributed by atoms with E-state index in [0.29, 0.717) is 37.0 Å². The van der Waals surface area contributed by atoms with Crippen LogP contribution in [0.2, 0.25) is 0 Å². The van der Waals surface area contributed by atoms with Gasteiger partial charge in [-0.2, -0.15) is 0 Å². The van der Waals surface area contributed by atoms with Crippen LogP contribution in [0.4, 0.5) is 6.01 Å². The minimum absolute atomic E-state index is 0.314. The maximum Gasteiger partial charge on any atom is 0.315 e. The molecule has 0 aromatic carbocycles. The Morgan fingerprint density at radius 3 is 2.94 bits per heavy atom. The summed E-state index contributed by atoms with van der Waals surface area (Å²) in [5, 5.41) is 11.2. The van der Waals surface area contributed by atoms with E-state index < -0.39 is 0 Å². The predicted molar refractivity (Wildman–Crippen MR) is 61.5 cm³/mol. The minimum atomic E-state index is 0.314. The highest BCUT2D eigenvalue weighted by Gasteiger charge is 2.41. The molecule has 3 N–H and O–H groups in total. The van der Waals surface area contributed by atoms with Gasteiger partial charge in [-0.05, 0) is 25.2 Å². The van der Waals surface area contributed by atoms with Crippen molar-refractivity contribution in [3.05, 3.63) is 5.89 Å². The van der Waals surface area contributed by atoms with Crippen molar-refractivity contribution in [1.82, 2.24) is 10.2 Å². The largest absolute Gasteiger partial charge is 0.408 e. The summed E-state index contributed by atoms with van der Waals surface area (Å²) < 4.78 is 11.2. The van der Waals surface area contributed by atoms with Crippen LogP contribution in [-0.4, -0.2) is 35.5 Å². The van der Waals surface area contributed by atoms with Crippen molar-refractivity contribution in [2.45, 2.75) is 37.8 Å². The lowest BCUT2D eigenvalue weighted by molar-refractivity contribution is 0.0895. The van der Waals surface area contributed by atoms with E-state index in [9.17, 15) is 0 Å². The summed E-state index contributed by atoms with van der Waals surface area (Å²) >= 11 is 0. The Kier molecular flexibility index (Phi) is 2.98. The molecule has 3 rings (SSSR count). The molecule has 2 atom stereocenters. The third-order valence-electron chi connectivity index (χ3n) is 3.36. The maximum atomic E-state index is 5.74. The summed E-state index contributed by atoms with van der Waals surface area (Å²) in [4.78, 5) is 0. The first kappa shape index (κ1) is 11.0. The van der Waals surface area contributed by atoms with Gasteiger partial charge in [0.2, 0.25) is 5.89 Å². The van der Waals surface area contributed by atoms with Crippen LogP contribution < -0.4 is 11.1 Å². The Labute approximate surface area is 99.9 Å². The molecule has 1 aliphatic carbocycles. The number of ether oxygens (including phenoxy) is 1. The second-order valence-corrected chi connectivity index (χ2v) is 4.75. The van der Waals surface area contributed by atoms with Crippen LogP contribution in [0.5, 0.6) is 0 Å². The molecule has 1 aromatic rings. The molecule has 2 unspecified atom stereocenters. The van der Waals surface area contributed by atoms with Crippen molar-refractivity contribution in [2.75, 3.05) is 18.5 Å². The number of nitrogens with zero attached hydrogens (tertiary/aromatic N) is 2. The lowest BCUT2D eigenvalue weighted by atomic mass is 10.1. The van der Waals surface area contributed by atoms with E-state index in [2.05, 4.69) is 15.5 Å². The molecule has 6 heteroatoms. The highest BCUT2D eigenvalue weighted by atomic mass is 16.5. The molecule has 0 bridgehead atoms. The predicted octanol–water partition coefficient (Wildman–Crippen LogP) is 0.550. The van der Waals surface area contributed by atoms with Gasteiger partial charge in [0, 0.05) is 19.6 Å². The SMILES string of the molecule is NCCc1nnc(NC2CCOC2C2CC2)o1. The Morgan fingerprint density at radius 1 is 1.29 bits per heavy atom. The van der Waals surface area contributed by atoms with Crippen LogP contribution in [0.25, 0.3) is 0 Å². The fourth-order valence-electron chi connectivity index (χ4n) is 2.35. The van der Waals surface area contributed by atoms with Gasteiger partial charge < -0.3 is 20.2 Å². The highest BCUT2D eigenvalue weighted by molar-refractivity contribution is 5.22. The van der Waals surface area contributed by atoms with Crippen LogP contribution in [-0.2, 0) is 11.2 Å². The number of rotatable bonds is 5. The van der Waals surface area contributed by atoms with Crippen molar-refractivity contribution in [2.24, 2.45) is 11.7 Å². The molecule has 2 fully saturated rings. The summed E-state index contributed by atoms with van der Waals surface area (Å²) in [5.74, 6) is 1.32. The average molecular weight is 238 g/mol. The summed E-state index contributed by atoms with van der Waals surface area (Å²) in [6.07, 6.45) is 4.52. The Balaban J connectivity index is 1.60. The zero-order valence-corrected chi connectivity index (χ0v) is 9.76. The first-order valence-corrected chi connectivity index (χ1v) is 6.27. The van der Waals surface area contributed by atoms with E-state index in [1.807, 2.05) is 0 Å². The van der Waals surface area contributed by atoms with E-state index in [4.69, 9.17) is 14.9 Å². The molecule has 17 heavy (non-hydrogen) atoms. The lowest BCUT2D eigenvalue weighted by Gasteiger charge is -2.17. The van der Waals surface area contributed by atoms with Crippen molar-refractivity contribution < 1.29 is 9.15 Å². The number of anilines is 1. The topological polar surface area (TPSA) is 86.2 Å². The van der Waals surface area contributed by atoms with Crippen LogP contribution >= 0.6 is 0 Å². The quantitative estimate of drug-likeness (QED) is 0.779. The molecule has 6 nitrogen and oxygen atoms in total. The molecule has 0 amide bonds. The molecule has 94 valence electrons. The highest BCUT2D eigenvalue weighted by Crippen LogP contribution is 2.39. The van der Waals surface area contributed by atoms with Crippen molar-refractivity contribution >= 4 is 6.01 Å². The minimum Gasteiger partial charge on any atom is -0.408 e. The molecule has 1 saturated heterocycles. The second-order valence-electron chi connectivity index (χ2n) is 4.75. The molecule has 0 spiro atoms. The van der Waals surface area contributed by atoms with Crippen LogP contribution in [0, 0.1) is 5.92 Å². The summed E-state index contributed by atoms with van der Waals surface area (Å²) in [6.45, 7) is 1.35. The lowest BCUT2D eigenvalue weighted by Crippen LogP contribution is -2.31. The Morgan fingerprint density at radius 2 is 2.18 bits per heavy atom. The van der Waals surface area contributed by atoms with Crippen molar-refractivity contribution in [3.63, 3.8) is 0 Å². The number of hydrogen-bond acceptors (Lipinski definition) is 6. The molecular formula is C11H18N4O2. The maximum absolute atomic E-state index is 5.74. The van der Waals surface area contributed by atoms with Gasteiger partial charge in [-0.3, -0.25) is 0 Å². The standard InChI is InChI=1S/C11H18N4O2/c12-5-3-9-14-15-11(17-9)13-8-4-6-16-10(8)7-1-2-7/h7-8,10H,1-6,12H2,(H,13,15). The van der Waals surface area contributed by atoms with Gasteiger partial charge in [-0.1, -0.05) is 5.10 Å². The molecule has 1 aromatic heterocycles. The van der Waals surface area contributed by atoms with Gasteiger partial charge in [0.25, 0.3) is 0 Å². The third-order valence-corrected chi connectivity index (χ3v) is 3.36. The first-order valence-electron chi connectivity index (χ1n) is 6.27. The fourth-order valence-corrected chi connectivity index (χ4v) is 2.35. The van der Waals surface area contributed by atoms with Gasteiger partial charge in [0.05, 0.1) is 12.1 Å². The molecule has 2 heterocycles. The van der Waals surface area contributed by atoms with Gasteiger partial charge >= 0.3 is 6.01 Å². The smallest absolute Gasteiger partial charge is 0.315 e. The van der Waals surface area contributed by atoms with E-state index >= 15 is 0 Å². The third kappa shape index (κ3) is 2.42. The first-order chi connectivity index (χ1) is 8.36. The van der Waals surface area contributed by atoms with Gasteiger partial charge in [0.15, 0.2) is 0 Å². The molecular weight excluding hydrogens is 220 g/mol. The van der Waals surface area contributed by atoms with E-state index in [1.165, 1.54) is 12.8 Å². The summed E-state index contributed by atoms with van der Waals surface area (Å²) in [6, 6.07) is 0.809. The molecule has 1 aliphatic heterocycles. The van der Waals surface area contributed by atoms with E-state index in [1.54, 1.807) is 0 Å². The van der Waals surface area contributed by atoms with E-state index in [-0.39, 0.29) is 0 Å². The number of hydrogen-bond donors (Lipinski definition) is 2. The monoisotopic (exact) mass is 238 g/mol. The van der Waals surface area contributed by atoms with Crippen molar-refractivity contribution in [3.8, 4) is 0 Å². The second kappa shape index (κ2) is 4.62. The normalized spacial score (nSPS) is 28.5. The zero-order valence-electron chi connectivity index (χ0n) is 9.76. The summed E-state index contributed by atoms with van der Waals surface area (Å²) in [7, 11) is 0. The molecule has 0 radical (unpaired) electrons. The number of aromatic nitrogens is 2. The summed E-state index contributed by atoms with van der Waals surface area (Å²) in [5.41, 5.74) is 5.44. The zero-order chi connectivity index (χ0) is 11.7. The number of nitrogens with one attached hydrogen (secondary N) is 1. The number of nitrogens with two attached hydrogens (primary N) is 1. The van der Waals surface area contributed by atoms with Gasteiger partial charge in [-0.25, -0.2) is 0 Å². The van der Waals surface area contributed by atoms with Gasteiger partial charge in [-0.15, -0.1) is 5.10 Å². The van der Waals surface area contributed by atoms with Crippen LogP contribution in [0.1, 0.15) is 25.2 Å². The Hall–Kier alpha value is -1.14. The molecule has 1 saturated carbocycles.